The van der Waals surface area contributed by atoms with Crippen LogP contribution in [-0.2, 0) is 0 Å². The number of aromatic nitrogens is 2. The van der Waals surface area contributed by atoms with Crippen molar-refractivity contribution in [1.82, 2.24) is 9.97 Å². The second-order valence-corrected chi connectivity index (χ2v) is 6.08. The van der Waals surface area contributed by atoms with E-state index >= 15 is 0 Å². The molecule has 4 nitrogen and oxygen atoms in total. The molecule has 0 saturated carbocycles. The largest absolute Gasteiger partial charge is 0.340 e. The zero-order valence-electron chi connectivity index (χ0n) is 11.9. The van der Waals surface area contributed by atoms with Gasteiger partial charge in [-0.25, -0.2) is 9.97 Å². The first-order chi connectivity index (χ1) is 8.43. The number of hydrogen-bond donors (Lipinski definition) is 1. The maximum absolute atomic E-state index is 5.85. The van der Waals surface area contributed by atoms with Gasteiger partial charge in [0.2, 0.25) is 5.95 Å². The Kier molecular flexibility index (Phi) is 3.57. The first-order valence-corrected chi connectivity index (χ1v) is 6.74. The van der Waals surface area contributed by atoms with Crippen molar-refractivity contribution < 1.29 is 0 Å². The molecule has 0 amide bonds. The van der Waals surface area contributed by atoms with E-state index in [0.717, 1.165) is 43.4 Å². The van der Waals surface area contributed by atoms with Gasteiger partial charge in [-0.3, -0.25) is 0 Å². The van der Waals surface area contributed by atoms with Crippen molar-refractivity contribution in [2.45, 2.75) is 40.0 Å². The minimum atomic E-state index is 0.213. The number of aryl methyl sites for hydroxylation is 1. The quantitative estimate of drug-likeness (QED) is 0.890. The Morgan fingerprint density at radius 1 is 1.44 bits per heavy atom. The number of hydrogen-bond acceptors (Lipinski definition) is 4. The van der Waals surface area contributed by atoms with Gasteiger partial charge in [0.25, 0.3) is 0 Å². The Morgan fingerprint density at radius 2 is 2.17 bits per heavy atom. The summed E-state index contributed by atoms with van der Waals surface area (Å²) in [5.74, 6) is 1.31. The zero-order chi connectivity index (χ0) is 13.3. The zero-order valence-corrected chi connectivity index (χ0v) is 11.9. The summed E-state index contributed by atoms with van der Waals surface area (Å²) >= 11 is 0. The lowest BCUT2D eigenvalue weighted by molar-refractivity contribution is 0.383. The predicted octanol–water partition coefficient (Wildman–Crippen LogP) is 2.08. The number of anilines is 1. The molecule has 0 aromatic carbocycles. The van der Waals surface area contributed by atoms with Gasteiger partial charge in [0.05, 0.1) is 0 Å². The molecule has 2 N–H and O–H groups in total. The Bertz CT molecular complexity index is 430. The molecule has 2 rings (SSSR count). The molecule has 0 aliphatic carbocycles. The maximum Gasteiger partial charge on any atom is 0.225 e. The second kappa shape index (κ2) is 4.84. The van der Waals surface area contributed by atoms with Crippen LogP contribution in [0.1, 0.15) is 44.5 Å². The molecule has 1 unspecified atom stereocenters. The smallest absolute Gasteiger partial charge is 0.225 e. The molecule has 18 heavy (non-hydrogen) atoms. The first-order valence-electron chi connectivity index (χ1n) is 6.74. The molecule has 1 aromatic heterocycles. The summed E-state index contributed by atoms with van der Waals surface area (Å²) in [6.45, 7) is 11.3. The predicted molar refractivity (Wildman–Crippen MR) is 74.8 cm³/mol. The third-order valence-electron chi connectivity index (χ3n) is 3.79. The van der Waals surface area contributed by atoms with Gasteiger partial charge in [-0.2, -0.15) is 0 Å². The summed E-state index contributed by atoms with van der Waals surface area (Å²) in [6.07, 6.45) is 1.12. The number of nitrogens with zero attached hydrogens (tertiary/aromatic N) is 3. The highest BCUT2D eigenvalue weighted by Gasteiger charge is 2.33. The molecule has 4 heteroatoms. The Balaban J connectivity index is 2.24. The fraction of sp³-hybridized carbons (Fsp3) is 0.714. The van der Waals surface area contributed by atoms with E-state index in [9.17, 15) is 0 Å². The Morgan fingerprint density at radius 3 is 2.72 bits per heavy atom. The van der Waals surface area contributed by atoms with E-state index in [4.69, 9.17) is 5.73 Å². The van der Waals surface area contributed by atoms with E-state index in [1.54, 1.807) is 0 Å². The molecule has 1 fully saturated rings. The molecule has 1 saturated heterocycles. The molecule has 1 aromatic rings. The van der Waals surface area contributed by atoms with Crippen molar-refractivity contribution in [2.75, 3.05) is 24.5 Å². The molecular formula is C14H24N4. The van der Waals surface area contributed by atoms with Gasteiger partial charge in [0, 0.05) is 24.5 Å². The van der Waals surface area contributed by atoms with Crippen LogP contribution in [0.4, 0.5) is 5.95 Å². The summed E-state index contributed by atoms with van der Waals surface area (Å²) in [5, 5.41) is 0. The van der Waals surface area contributed by atoms with Crippen LogP contribution >= 0.6 is 0 Å². The highest BCUT2D eigenvalue weighted by molar-refractivity contribution is 5.35. The minimum absolute atomic E-state index is 0.213. The van der Waals surface area contributed by atoms with Crippen LogP contribution < -0.4 is 10.6 Å². The van der Waals surface area contributed by atoms with Crippen molar-refractivity contribution in [2.24, 2.45) is 11.1 Å². The van der Waals surface area contributed by atoms with Crippen LogP contribution in [-0.4, -0.2) is 29.6 Å². The highest BCUT2D eigenvalue weighted by Crippen LogP contribution is 2.31. The first kappa shape index (κ1) is 13.3. The standard InChI is InChI=1S/C14H24N4/c1-10(2)12-7-11(3)16-13(17-12)18-6-5-14(4,8-15)9-18/h7,10H,5-6,8-9,15H2,1-4H3. The summed E-state index contributed by atoms with van der Waals surface area (Å²) in [7, 11) is 0. The molecular weight excluding hydrogens is 224 g/mol. The van der Waals surface area contributed by atoms with Gasteiger partial charge in [0.1, 0.15) is 0 Å². The van der Waals surface area contributed by atoms with E-state index in [1.807, 2.05) is 6.92 Å². The summed E-state index contributed by atoms with van der Waals surface area (Å²) in [6, 6.07) is 2.08. The van der Waals surface area contributed by atoms with Crippen molar-refractivity contribution >= 4 is 5.95 Å². The number of nitrogens with two attached hydrogens (primary N) is 1. The fourth-order valence-corrected chi connectivity index (χ4v) is 2.38. The summed E-state index contributed by atoms with van der Waals surface area (Å²) in [4.78, 5) is 11.5. The molecule has 1 atom stereocenters. The lowest BCUT2D eigenvalue weighted by atomic mass is 9.90. The molecule has 1 aliphatic rings. The van der Waals surface area contributed by atoms with E-state index in [-0.39, 0.29) is 5.41 Å². The summed E-state index contributed by atoms with van der Waals surface area (Å²) in [5.41, 5.74) is 8.23. The van der Waals surface area contributed by atoms with Crippen LogP contribution in [0.5, 0.6) is 0 Å². The van der Waals surface area contributed by atoms with Crippen molar-refractivity contribution in [1.29, 1.82) is 0 Å². The van der Waals surface area contributed by atoms with Crippen LogP contribution in [0.15, 0.2) is 6.07 Å². The normalized spacial score (nSPS) is 24.0. The van der Waals surface area contributed by atoms with Gasteiger partial charge >= 0.3 is 0 Å². The monoisotopic (exact) mass is 248 g/mol. The minimum Gasteiger partial charge on any atom is -0.340 e. The molecule has 1 aliphatic heterocycles. The van der Waals surface area contributed by atoms with E-state index in [2.05, 4.69) is 41.7 Å². The van der Waals surface area contributed by atoms with Crippen LogP contribution in [0.3, 0.4) is 0 Å². The van der Waals surface area contributed by atoms with E-state index < -0.39 is 0 Å². The summed E-state index contributed by atoms with van der Waals surface area (Å²) < 4.78 is 0. The third kappa shape index (κ3) is 2.64. The highest BCUT2D eigenvalue weighted by atomic mass is 15.3. The lowest BCUT2D eigenvalue weighted by Crippen LogP contribution is -2.32. The lowest BCUT2D eigenvalue weighted by Gasteiger charge is -2.23. The van der Waals surface area contributed by atoms with Gasteiger partial charge < -0.3 is 10.6 Å². The Hall–Kier alpha value is -1.16. The van der Waals surface area contributed by atoms with Crippen LogP contribution in [0, 0.1) is 12.3 Å². The molecule has 0 radical (unpaired) electrons. The average Bonchev–Trinajstić information content (AvgIpc) is 2.72. The van der Waals surface area contributed by atoms with Crippen molar-refractivity contribution in [3.8, 4) is 0 Å². The topological polar surface area (TPSA) is 55.0 Å². The second-order valence-electron chi connectivity index (χ2n) is 6.08. The average molecular weight is 248 g/mol. The van der Waals surface area contributed by atoms with E-state index in [1.165, 1.54) is 0 Å². The third-order valence-corrected chi connectivity index (χ3v) is 3.79. The van der Waals surface area contributed by atoms with Gasteiger partial charge in [-0.05, 0) is 37.3 Å². The van der Waals surface area contributed by atoms with Gasteiger partial charge in [-0.1, -0.05) is 20.8 Å². The van der Waals surface area contributed by atoms with Crippen LogP contribution in [0.25, 0.3) is 0 Å². The molecule has 100 valence electrons. The van der Waals surface area contributed by atoms with Crippen LogP contribution in [0.2, 0.25) is 0 Å². The van der Waals surface area contributed by atoms with Gasteiger partial charge in [0.15, 0.2) is 0 Å². The van der Waals surface area contributed by atoms with Crippen molar-refractivity contribution in [3.63, 3.8) is 0 Å². The molecule has 0 bridgehead atoms. The SMILES string of the molecule is Cc1cc(C(C)C)nc(N2CCC(C)(CN)C2)n1. The Labute approximate surface area is 110 Å². The van der Waals surface area contributed by atoms with Crippen molar-refractivity contribution in [3.05, 3.63) is 17.5 Å². The number of rotatable bonds is 3. The fourth-order valence-electron chi connectivity index (χ4n) is 2.38. The molecule has 0 spiro atoms. The van der Waals surface area contributed by atoms with E-state index in [0.29, 0.717) is 5.92 Å². The maximum atomic E-state index is 5.85. The molecule has 2 heterocycles. The van der Waals surface area contributed by atoms with Gasteiger partial charge in [-0.15, -0.1) is 0 Å².